The molecule has 2 atom stereocenters. The maximum absolute atomic E-state index is 10.0. The minimum Gasteiger partial charge on any atom is -0.493 e. The predicted octanol–water partition coefficient (Wildman–Crippen LogP) is 2.49. The van der Waals surface area contributed by atoms with Gasteiger partial charge in [-0.15, -0.1) is 0 Å². The second-order valence-electron chi connectivity index (χ2n) is 5.27. The summed E-state index contributed by atoms with van der Waals surface area (Å²) < 4.78 is 11.4. The summed E-state index contributed by atoms with van der Waals surface area (Å²) in [6.45, 7) is 3.83. The lowest BCUT2D eigenvalue weighted by Crippen LogP contribution is -2.34. The highest BCUT2D eigenvalue weighted by Crippen LogP contribution is 2.32. The van der Waals surface area contributed by atoms with Gasteiger partial charge >= 0.3 is 0 Å². The highest BCUT2D eigenvalue weighted by atomic mass is 16.5. The average Bonchev–Trinajstić information content (AvgIpc) is 2.48. The second-order valence-corrected chi connectivity index (χ2v) is 5.27. The van der Waals surface area contributed by atoms with E-state index in [1.807, 2.05) is 18.2 Å². The van der Waals surface area contributed by atoms with Crippen molar-refractivity contribution in [2.45, 2.75) is 51.4 Å². The number of hydrogen-bond donors (Lipinski definition) is 2. The highest BCUT2D eigenvalue weighted by Gasteiger charge is 2.25. The van der Waals surface area contributed by atoms with Crippen molar-refractivity contribution >= 4 is 0 Å². The van der Waals surface area contributed by atoms with Gasteiger partial charge in [-0.2, -0.15) is 0 Å². The fraction of sp³-hybridized carbons (Fsp3) is 0.625. The summed E-state index contributed by atoms with van der Waals surface area (Å²) in [5.74, 6) is 1.46. The average molecular weight is 279 g/mol. The van der Waals surface area contributed by atoms with E-state index in [0.29, 0.717) is 0 Å². The zero-order valence-electron chi connectivity index (χ0n) is 12.4. The summed E-state index contributed by atoms with van der Waals surface area (Å²) in [5, 5.41) is 13.3. The van der Waals surface area contributed by atoms with Gasteiger partial charge in [0.1, 0.15) is 6.10 Å². The van der Waals surface area contributed by atoms with Gasteiger partial charge in [0.25, 0.3) is 0 Å². The van der Waals surface area contributed by atoms with Crippen LogP contribution in [0.1, 0.15) is 38.2 Å². The fourth-order valence-corrected chi connectivity index (χ4v) is 2.57. The summed E-state index contributed by atoms with van der Waals surface area (Å²) in [6.07, 6.45) is 3.43. The van der Waals surface area contributed by atoms with Gasteiger partial charge in [0, 0.05) is 6.54 Å². The van der Waals surface area contributed by atoms with Crippen molar-refractivity contribution in [3.05, 3.63) is 23.8 Å². The molecule has 0 spiro atoms. The van der Waals surface area contributed by atoms with E-state index in [2.05, 4.69) is 12.2 Å². The number of nitrogens with one attached hydrogen (secondary N) is 1. The third-order valence-electron chi connectivity index (χ3n) is 3.75. The van der Waals surface area contributed by atoms with Gasteiger partial charge in [0.2, 0.25) is 0 Å². The predicted molar refractivity (Wildman–Crippen MR) is 79.3 cm³/mol. The Morgan fingerprint density at radius 2 is 2.05 bits per heavy atom. The van der Waals surface area contributed by atoms with E-state index in [1.54, 1.807) is 7.11 Å². The second kappa shape index (κ2) is 7.50. The molecule has 4 nitrogen and oxygen atoms in total. The molecule has 0 aliphatic heterocycles. The first-order chi connectivity index (χ1) is 9.74. The summed E-state index contributed by atoms with van der Waals surface area (Å²) in [4.78, 5) is 0. The Morgan fingerprint density at radius 1 is 1.25 bits per heavy atom. The molecule has 1 fully saturated rings. The Labute approximate surface area is 121 Å². The lowest BCUT2D eigenvalue weighted by molar-refractivity contribution is 0.00564. The third kappa shape index (κ3) is 3.87. The van der Waals surface area contributed by atoms with E-state index < -0.39 is 0 Å². The van der Waals surface area contributed by atoms with Crippen LogP contribution in [-0.2, 0) is 6.54 Å². The molecular formula is C16H25NO3. The van der Waals surface area contributed by atoms with Crippen molar-refractivity contribution < 1.29 is 14.6 Å². The first-order valence-corrected chi connectivity index (χ1v) is 7.47. The zero-order valence-corrected chi connectivity index (χ0v) is 12.4. The molecule has 0 saturated heterocycles. The van der Waals surface area contributed by atoms with Crippen LogP contribution in [-0.4, -0.2) is 31.0 Å². The number of methoxy groups -OCH3 is 1. The van der Waals surface area contributed by atoms with Gasteiger partial charge in [0.15, 0.2) is 11.5 Å². The highest BCUT2D eigenvalue weighted by molar-refractivity contribution is 5.43. The minimum atomic E-state index is -0.370. The van der Waals surface area contributed by atoms with Crippen molar-refractivity contribution in [2.24, 2.45) is 0 Å². The van der Waals surface area contributed by atoms with Crippen LogP contribution >= 0.6 is 0 Å². The van der Waals surface area contributed by atoms with Crippen LogP contribution in [0.5, 0.6) is 11.5 Å². The Hall–Kier alpha value is -1.26. The molecule has 2 N–H and O–H groups in total. The van der Waals surface area contributed by atoms with E-state index in [-0.39, 0.29) is 12.2 Å². The normalized spacial score (nSPS) is 22.6. The molecule has 0 aromatic heterocycles. The largest absolute Gasteiger partial charge is 0.493 e. The van der Waals surface area contributed by atoms with Gasteiger partial charge in [-0.3, -0.25) is 0 Å². The lowest BCUT2D eigenvalue weighted by Gasteiger charge is -2.28. The van der Waals surface area contributed by atoms with Crippen LogP contribution in [0, 0.1) is 0 Å². The van der Waals surface area contributed by atoms with Crippen molar-refractivity contribution in [3.63, 3.8) is 0 Å². The SMILES string of the molecule is CCNCc1ccc(OC)c(OC2CCCCC2O)c1. The van der Waals surface area contributed by atoms with Crippen LogP contribution in [0.15, 0.2) is 18.2 Å². The Morgan fingerprint density at radius 3 is 2.75 bits per heavy atom. The summed E-state index contributed by atoms with van der Waals surface area (Å²) in [7, 11) is 1.64. The van der Waals surface area contributed by atoms with Gasteiger partial charge in [-0.25, -0.2) is 0 Å². The fourth-order valence-electron chi connectivity index (χ4n) is 2.57. The first kappa shape index (κ1) is 15.1. The van der Waals surface area contributed by atoms with E-state index in [1.165, 1.54) is 0 Å². The monoisotopic (exact) mass is 279 g/mol. The molecular weight excluding hydrogens is 254 g/mol. The molecule has 2 rings (SSSR count). The van der Waals surface area contributed by atoms with Crippen LogP contribution < -0.4 is 14.8 Å². The maximum atomic E-state index is 10.0. The van der Waals surface area contributed by atoms with Crippen molar-refractivity contribution in [2.75, 3.05) is 13.7 Å². The molecule has 1 aliphatic rings. The molecule has 0 radical (unpaired) electrons. The first-order valence-electron chi connectivity index (χ1n) is 7.47. The number of ether oxygens (including phenoxy) is 2. The number of benzene rings is 1. The van der Waals surface area contributed by atoms with Gasteiger partial charge in [-0.05, 0) is 43.5 Å². The molecule has 20 heavy (non-hydrogen) atoms. The molecule has 1 saturated carbocycles. The van der Waals surface area contributed by atoms with E-state index in [0.717, 1.165) is 55.8 Å². The van der Waals surface area contributed by atoms with Crippen molar-refractivity contribution in [3.8, 4) is 11.5 Å². The Kier molecular flexibility index (Phi) is 5.68. The standard InChI is InChI=1S/C16H25NO3/c1-3-17-11-12-8-9-15(19-2)16(10-12)20-14-7-5-4-6-13(14)18/h8-10,13-14,17-18H,3-7,11H2,1-2H3. The molecule has 1 aromatic carbocycles. The molecule has 4 heteroatoms. The van der Waals surface area contributed by atoms with E-state index in [9.17, 15) is 5.11 Å². The topological polar surface area (TPSA) is 50.7 Å². The maximum Gasteiger partial charge on any atom is 0.162 e. The van der Waals surface area contributed by atoms with E-state index >= 15 is 0 Å². The van der Waals surface area contributed by atoms with Crippen molar-refractivity contribution in [1.29, 1.82) is 0 Å². The molecule has 2 unspecified atom stereocenters. The lowest BCUT2D eigenvalue weighted by atomic mass is 9.95. The van der Waals surface area contributed by atoms with Crippen LogP contribution in [0.3, 0.4) is 0 Å². The summed E-state index contributed by atoms with van der Waals surface area (Å²) in [6, 6.07) is 5.96. The molecule has 112 valence electrons. The Bertz CT molecular complexity index is 422. The molecule has 0 amide bonds. The van der Waals surface area contributed by atoms with Crippen LogP contribution in [0.2, 0.25) is 0 Å². The Balaban J connectivity index is 2.10. The summed E-state index contributed by atoms with van der Waals surface area (Å²) in [5.41, 5.74) is 1.16. The van der Waals surface area contributed by atoms with Gasteiger partial charge in [-0.1, -0.05) is 19.4 Å². The third-order valence-corrected chi connectivity index (χ3v) is 3.75. The molecule has 0 heterocycles. The van der Waals surface area contributed by atoms with Crippen LogP contribution in [0.25, 0.3) is 0 Å². The van der Waals surface area contributed by atoms with E-state index in [4.69, 9.17) is 9.47 Å². The number of aliphatic hydroxyl groups excluding tert-OH is 1. The number of hydrogen-bond acceptors (Lipinski definition) is 4. The summed E-state index contributed by atoms with van der Waals surface area (Å²) >= 11 is 0. The molecule has 1 aliphatic carbocycles. The van der Waals surface area contributed by atoms with Gasteiger partial charge in [0.05, 0.1) is 13.2 Å². The number of rotatable bonds is 6. The molecule has 0 bridgehead atoms. The minimum absolute atomic E-state index is 0.118. The van der Waals surface area contributed by atoms with Gasteiger partial charge < -0.3 is 19.9 Å². The number of aliphatic hydroxyl groups is 1. The smallest absolute Gasteiger partial charge is 0.162 e. The zero-order chi connectivity index (χ0) is 14.4. The van der Waals surface area contributed by atoms with Crippen LogP contribution in [0.4, 0.5) is 0 Å². The van der Waals surface area contributed by atoms with Crippen molar-refractivity contribution in [1.82, 2.24) is 5.32 Å². The quantitative estimate of drug-likeness (QED) is 0.840. The molecule has 1 aromatic rings.